The van der Waals surface area contributed by atoms with Crippen LogP contribution < -0.4 is 24.8 Å². The lowest BCUT2D eigenvalue weighted by molar-refractivity contribution is 0.369. The average molecular weight is 418 g/mol. The number of hydrogen-bond acceptors (Lipinski definition) is 5. The molecule has 166 valence electrons. The highest BCUT2D eigenvalue weighted by atomic mass is 16.5. The number of rotatable bonds is 9. The molecular formula is C22H35N5O3. The Bertz CT molecular complexity index is 851. The van der Waals surface area contributed by atoms with Crippen molar-refractivity contribution in [3.63, 3.8) is 0 Å². The number of aliphatic imine (C=N–C) groups is 1. The van der Waals surface area contributed by atoms with E-state index in [0.29, 0.717) is 23.8 Å². The van der Waals surface area contributed by atoms with Gasteiger partial charge in [0.05, 0.1) is 39.1 Å². The van der Waals surface area contributed by atoms with Gasteiger partial charge in [-0.05, 0) is 39.7 Å². The number of guanidine groups is 1. The van der Waals surface area contributed by atoms with Crippen molar-refractivity contribution < 1.29 is 14.2 Å². The van der Waals surface area contributed by atoms with Crippen LogP contribution in [0, 0.1) is 13.8 Å². The second-order valence-electron chi connectivity index (χ2n) is 7.23. The number of aromatic nitrogens is 2. The summed E-state index contributed by atoms with van der Waals surface area (Å²) >= 11 is 0. The van der Waals surface area contributed by atoms with Gasteiger partial charge in [-0.25, -0.2) is 4.99 Å². The molecule has 30 heavy (non-hydrogen) atoms. The fraction of sp³-hybridized carbons (Fsp3) is 0.545. The summed E-state index contributed by atoms with van der Waals surface area (Å²) in [5, 5.41) is 11.3. The molecule has 1 aromatic heterocycles. The van der Waals surface area contributed by atoms with Crippen LogP contribution >= 0.6 is 0 Å². The van der Waals surface area contributed by atoms with E-state index in [2.05, 4.69) is 36.5 Å². The number of nitrogens with one attached hydrogen (secondary N) is 2. The van der Waals surface area contributed by atoms with Crippen LogP contribution in [-0.4, -0.2) is 49.7 Å². The monoisotopic (exact) mass is 417 g/mol. The molecule has 2 aromatic rings. The topological polar surface area (TPSA) is 81.9 Å². The minimum atomic E-state index is 0.184. The van der Waals surface area contributed by atoms with Gasteiger partial charge in [0.25, 0.3) is 0 Å². The quantitative estimate of drug-likeness (QED) is 0.482. The molecule has 0 aliphatic rings. The normalized spacial score (nSPS) is 12.5. The summed E-state index contributed by atoms with van der Waals surface area (Å²) in [5.41, 5.74) is 4.39. The lowest BCUT2D eigenvalue weighted by Gasteiger charge is -2.19. The Kier molecular flexibility index (Phi) is 8.38. The lowest BCUT2D eigenvalue weighted by Crippen LogP contribution is -2.43. The molecule has 8 nitrogen and oxygen atoms in total. The van der Waals surface area contributed by atoms with Gasteiger partial charge < -0.3 is 24.8 Å². The van der Waals surface area contributed by atoms with Crippen LogP contribution in [0.3, 0.4) is 0 Å². The summed E-state index contributed by atoms with van der Waals surface area (Å²) in [6.07, 6.45) is 0.866. The fourth-order valence-corrected chi connectivity index (χ4v) is 3.42. The summed E-state index contributed by atoms with van der Waals surface area (Å²) < 4.78 is 18.3. The average Bonchev–Trinajstić information content (AvgIpc) is 2.97. The molecule has 0 fully saturated rings. The van der Waals surface area contributed by atoms with Crippen molar-refractivity contribution >= 4 is 5.96 Å². The Morgan fingerprint density at radius 1 is 1.10 bits per heavy atom. The number of methoxy groups -OCH3 is 3. The maximum absolute atomic E-state index is 5.53. The predicted octanol–water partition coefficient (Wildman–Crippen LogP) is 2.75. The van der Waals surface area contributed by atoms with E-state index < -0.39 is 0 Å². The maximum atomic E-state index is 5.53. The standard InChI is InChI=1S/C22H35N5O3/c1-9-23-22(25-14(2)10-18-15(3)26-27(5)16(18)4)24-13-19-20(29-7)11-17(28-6)12-21(19)30-8/h11-12,14H,9-10,13H2,1-8H3,(H2,23,24,25). The molecule has 0 spiro atoms. The third-order valence-corrected chi connectivity index (χ3v) is 5.11. The summed E-state index contributed by atoms with van der Waals surface area (Å²) in [7, 11) is 6.86. The third kappa shape index (κ3) is 5.58. The molecule has 0 saturated heterocycles. The number of nitrogens with zero attached hydrogens (tertiary/aromatic N) is 3. The van der Waals surface area contributed by atoms with Crippen molar-refractivity contribution in [1.82, 2.24) is 20.4 Å². The molecule has 0 saturated carbocycles. The van der Waals surface area contributed by atoms with Gasteiger partial charge in [0.15, 0.2) is 5.96 Å². The molecule has 2 N–H and O–H groups in total. The van der Waals surface area contributed by atoms with Crippen LogP contribution in [0.25, 0.3) is 0 Å². The zero-order valence-corrected chi connectivity index (χ0v) is 19.4. The first-order chi connectivity index (χ1) is 14.3. The Morgan fingerprint density at radius 3 is 2.20 bits per heavy atom. The number of ether oxygens (including phenoxy) is 3. The van der Waals surface area contributed by atoms with Crippen LogP contribution in [0.4, 0.5) is 0 Å². The van der Waals surface area contributed by atoms with E-state index in [1.807, 2.05) is 30.8 Å². The van der Waals surface area contributed by atoms with E-state index in [4.69, 9.17) is 19.2 Å². The first-order valence-corrected chi connectivity index (χ1v) is 10.2. The van der Waals surface area contributed by atoms with E-state index >= 15 is 0 Å². The number of benzene rings is 1. The van der Waals surface area contributed by atoms with E-state index in [1.54, 1.807) is 21.3 Å². The molecule has 0 aliphatic carbocycles. The van der Waals surface area contributed by atoms with E-state index in [0.717, 1.165) is 30.2 Å². The zero-order chi connectivity index (χ0) is 22.3. The van der Waals surface area contributed by atoms with E-state index in [1.165, 1.54) is 11.3 Å². The molecule has 2 rings (SSSR count). The molecular weight excluding hydrogens is 382 g/mol. The van der Waals surface area contributed by atoms with Gasteiger partial charge in [-0.2, -0.15) is 5.10 Å². The van der Waals surface area contributed by atoms with Crippen LogP contribution in [-0.2, 0) is 20.0 Å². The van der Waals surface area contributed by atoms with Gasteiger partial charge in [0.1, 0.15) is 17.2 Å². The Hall–Kier alpha value is -2.90. The van der Waals surface area contributed by atoms with E-state index in [-0.39, 0.29) is 6.04 Å². The summed E-state index contributed by atoms with van der Waals surface area (Å²) in [6, 6.07) is 3.86. The summed E-state index contributed by atoms with van der Waals surface area (Å²) in [6.45, 7) is 9.52. The Balaban J connectivity index is 2.20. The van der Waals surface area contributed by atoms with Crippen LogP contribution in [0.15, 0.2) is 17.1 Å². The minimum Gasteiger partial charge on any atom is -0.496 e. The SMILES string of the molecule is CCNC(=NCc1c(OC)cc(OC)cc1OC)NC(C)Cc1c(C)nn(C)c1C. The zero-order valence-electron chi connectivity index (χ0n) is 19.4. The van der Waals surface area contributed by atoms with Gasteiger partial charge in [0, 0.05) is 37.5 Å². The van der Waals surface area contributed by atoms with Crippen molar-refractivity contribution in [2.75, 3.05) is 27.9 Å². The molecule has 1 aromatic carbocycles. The number of aryl methyl sites for hydroxylation is 2. The molecule has 0 amide bonds. The second-order valence-corrected chi connectivity index (χ2v) is 7.23. The number of hydrogen-bond donors (Lipinski definition) is 2. The maximum Gasteiger partial charge on any atom is 0.191 e. The predicted molar refractivity (Wildman–Crippen MR) is 120 cm³/mol. The van der Waals surface area contributed by atoms with Crippen LogP contribution in [0.5, 0.6) is 17.2 Å². The largest absolute Gasteiger partial charge is 0.496 e. The van der Waals surface area contributed by atoms with Gasteiger partial charge in [-0.15, -0.1) is 0 Å². The van der Waals surface area contributed by atoms with Gasteiger partial charge in [0.2, 0.25) is 0 Å². The van der Waals surface area contributed by atoms with Crippen molar-refractivity contribution in [2.45, 2.75) is 46.7 Å². The van der Waals surface area contributed by atoms with Crippen molar-refractivity contribution in [2.24, 2.45) is 12.0 Å². The fourth-order valence-electron chi connectivity index (χ4n) is 3.42. The molecule has 8 heteroatoms. The second kappa shape index (κ2) is 10.8. The molecule has 0 radical (unpaired) electrons. The van der Waals surface area contributed by atoms with E-state index in [9.17, 15) is 0 Å². The Morgan fingerprint density at radius 2 is 1.73 bits per heavy atom. The molecule has 1 heterocycles. The molecule has 0 aliphatic heterocycles. The highest BCUT2D eigenvalue weighted by Crippen LogP contribution is 2.34. The van der Waals surface area contributed by atoms with Crippen molar-refractivity contribution in [3.8, 4) is 17.2 Å². The van der Waals surface area contributed by atoms with Crippen molar-refractivity contribution in [1.29, 1.82) is 0 Å². The van der Waals surface area contributed by atoms with Gasteiger partial charge in [-0.3, -0.25) is 4.68 Å². The van der Waals surface area contributed by atoms with Gasteiger partial charge in [-0.1, -0.05) is 0 Å². The van der Waals surface area contributed by atoms with Crippen LogP contribution in [0.2, 0.25) is 0 Å². The highest BCUT2D eigenvalue weighted by Gasteiger charge is 2.16. The smallest absolute Gasteiger partial charge is 0.191 e. The third-order valence-electron chi connectivity index (χ3n) is 5.11. The molecule has 1 unspecified atom stereocenters. The van der Waals surface area contributed by atoms with Crippen molar-refractivity contribution in [3.05, 3.63) is 34.6 Å². The first-order valence-electron chi connectivity index (χ1n) is 10.2. The summed E-state index contributed by atoms with van der Waals surface area (Å²) in [4.78, 5) is 4.76. The highest BCUT2D eigenvalue weighted by molar-refractivity contribution is 5.80. The van der Waals surface area contributed by atoms with Gasteiger partial charge >= 0.3 is 0 Å². The Labute approximate surface area is 179 Å². The minimum absolute atomic E-state index is 0.184. The lowest BCUT2D eigenvalue weighted by atomic mass is 10.1. The molecule has 1 atom stereocenters. The first kappa shape index (κ1) is 23.4. The molecule has 0 bridgehead atoms. The van der Waals surface area contributed by atoms with Crippen LogP contribution in [0.1, 0.15) is 36.4 Å². The summed E-state index contributed by atoms with van der Waals surface area (Å²) in [5.74, 6) is 2.78.